The molecule has 0 radical (unpaired) electrons. The highest BCUT2D eigenvalue weighted by Gasteiger charge is 2.19. The van der Waals surface area contributed by atoms with E-state index >= 15 is 0 Å². The molecule has 0 fully saturated rings. The van der Waals surface area contributed by atoms with Crippen molar-refractivity contribution < 1.29 is 0 Å². The van der Waals surface area contributed by atoms with Gasteiger partial charge in [-0.3, -0.25) is 4.98 Å². The first-order valence-electron chi connectivity index (χ1n) is 19.1. The lowest BCUT2D eigenvalue weighted by Crippen LogP contribution is -1.94. The minimum atomic E-state index is 0.979. The molecule has 10 aromatic rings. The zero-order valence-electron chi connectivity index (χ0n) is 31.3. The minimum absolute atomic E-state index is 0.979. The average molecular weight is 702 g/mol. The Morgan fingerprint density at radius 2 is 0.818 bits per heavy atom. The van der Waals surface area contributed by atoms with Gasteiger partial charge in [-0.2, -0.15) is 0 Å². The quantitative estimate of drug-likeness (QED) is 0.163. The molecular weight excluding hydrogens is 663 g/mol. The number of aryl methyl sites for hydroxylation is 3. The van der Waals surface area contributed by atoms with Crippen molar-refractivity contribution in [1.29, 1.82) is 0 Å². The highest BCUT2D eigenvalue weighted by Crippen LogP contribution is 2.46. The third-order valence-electron chi connectivity index (χ3n) is 11.4. The van der Waals surface area contributed by atoms with Crippen molar-refractivity contribution in [3.8, 4) is 55.8 Å². The number of hydrogen-bond donors (Lipinski definition) is 0. The Labute approximate surface area is 322 Å². The molecule has 0 bridgehead atoms. The second-order valence-corrected chi connectivity index (χ2v) is 14.9. The summed E-state index contributed by atoms with van der Waals surface area (Å²) in [4.78, 5) is 4.89. The fourth-order valence-corrected chi connectivity index (χ4v) is 8.99. The molecule has 1 heteroatoms. The normalized spacial score (nSPS) is 11.5. The van der Waals surface area contributed by atoms with Gasteiger partial charge in [0.05, 0.1) is 5.69 Å². The molecule has 1 heterocycles. The van der Waals surface area contributed by atoms with Gasteiger partial charge in [0.25, 0.3) is 0 Å². The van der Waals surface area contributed by atoms with Crippen LogP contribution in [0.25, 0.3) is 98.9 Å². The van der Waals surface area contributed by atoms with Crippen LogP contribution < -0.4 is 0 Å². The highest BCUT2D eigenvalue weighted by atomic mass is 14.7. The smallest absolute Gasteiger partial charge is 0.0702 e. The number of aromatic nitrogens is 1. The van der Waals surface area contributed by atoms with Gasteiger partial charge in [0.1, 0.15) is 0 Å². The fourth-order valence-electron chi connectivity index (χ4n) is 8.99. The first kappa shape index (κ1) is 32.8. The Bertz CT molecular complexity index is 3020. The standard InChI is InChI=1S/C54H39N/c1-34-30-35(2)52(36(3)31-34)45-20-10-19-44-43(45)18-11-21-46(44)54-49-16-8-6-14-47(49)53(48-15-7-9-17-50(48)54)39-25-22-38(23-26-39)42-28-29-51(55-33-42)41-27-24-37-12-4-5-13-40(37)32-41/h4-33H,1-3H3. The van der Waals surface area contributed by atoms with Gasteiger partial charge in [-0.15, -0.1) is 0 Å². The van der Waals surface area contributed by atoms with Crippen LogP contribution in [0.4, 0.5) is 0 Å². The van der Waals surface area contributed by atoms with E-state index < -0.39 is 0 Å². The number of fused-ring (bicyclic) bond motifs is 4. The summed E-state index contributed by atoms with van der Waals surface area (Å²) >= 11 is 0. The van der Waals surface area contributed by atoms with E-state index in [0.717, 1.165) is 22.4 Å². The first-order chi connectivity index (χ1) is 27.0. The van der Waals surface area contributed by atoms with E-state index in [1.165, 1.54) is 93.2 Å². The number of nitrogens with zero attached hydrogens (tertiary/aromatic N) is 1. The summed E-state index contributed by atoms with van der Waals surface area (Å²) in [5, 5.41) is 10.0. The number of pyridine rings is 1. The van der Waals surface area contributed by atoms with E-state index in [2.05, 4.69) is 197 Å². The summed E-state index contributed by atoms with van der Waals surface area (Å²) in [5.74, 6) is 0. The molecule has 10 rings (SSSR count). The third kappa shape index (κ3) is 5.59. The Morgan fingerprint density at radius 3 is 1.42 bits per heavy atom. The maximum Gasteiger partial charge on any atom is 0.0702 e. The van der Waals surface area contributed by atoms with E-state index in [1.54, 1.807) is 0 Å². The summed E-state index contributed by atoms with van der Waals surface area (Å²) in [6.07, 6.45) is 2.00. The van der Waals surface area contributed by atoms with Crippen LogP contribution >= 0.6 is 0 Å². The Morgan fingerprint density at radius 1 is 0.327 bits per heavy atom. The van der Waals surface area contributed by atoms with Crippen LogP contribution in [0.15, 0.2) is 182 Å². The molecule has 0 saturated carbocycles. The van der Waals surface area contributed by atoms with Gasteiger partial charge in [0, 0.05) is 17.3 Å². The van der Waals surface area contributed by atoms with Crippen molar-refractivity contribution in [2.75, 3.05) is 0 Å². The summed E-state index contributed by atoms with van der Waals surface area (Å²) in [5.41, 5.74) is 15.9. The zero-order chi connectivity index (χ0) is 37.0. The molecule has 0 unspecified atom stereocenters. The molecule has 0 saturated heterocycles. The van der Waals surface area contributed by atoms with Crippen LogP contribution in [0.2, 0.25) is 0 Å². The predicted molar refractivity (Wildman–Crippen MR) is 236 cm³/mol. The van der Waals surface area contributed by atoms with Gasteiger partial charge in [0.2, 0.25) is 0 Å². The van der Waals surface area contributed by atoms with Crippen molar-refractivity contribution in [3.63, 3.8) is 0 Å². The van der Waals surface area contributed by atoms with E-state index in [1.807, 2.05) is 6.20 Å². The van der Waals surface area contributed by atoms with Crippen molar-refractivity contribution >= 4 is 43.1 Å². The van der Waals surface area contributed by atoms with Gasteiger partial charge < -0.3 is 0 Å². The molecule has 1 aromatic heterocycles. The molecule has 0 spiro atoms. The largest absolute Gasteiger partial charge is 0.256 e. The van der Waals surface area contributed by atoms with Gasteiger partial charge in [0.15, 0.2) is 0 Å². The molecule has 260 valence electrons. The number of benzene rings is 9. The first-order valence-corrected chi connectivity index (χ1v) is 19.1. The number of hydrogen-bond acceptors (Lipinski definition) is 1. The molecule has 55 heavy (non-hydrogen) atoms. The van der Waals surface area contributed by atoms with Crippen LogP contribution in [0.1, 0.15) is 16.7 Å². The number of rotatable bonds is 5. The zero-order valence-corrected chi connectivity index (χ0v) is 31.3. The van der Waals surface area contributed by atoms with Crippen molar-refractivity contribution in [2.24, 2.45) is 0 Å². The van der Waals surface area contributed by atoms with E-state index in [4.69, 9.17) is 4.98 Å². The minimum Gasteiger partial charge on any atom is -0.256 e. The molecule has 0 amide bonds. The predicted octanol–water partition coefficient (Wildman–Crippen LogP) is 15.0. The maximum absolute atomic E-state index is 4.89. The van der Waals surface area contributed by atoms with Crippen LogP contribution in [-0.2, 0) is 0 Å². The molecule has 1 nitrogen and oxygen atoms in total. The maximum atomic E-state index is 4.89. The lowest BCUT2D eigenvalue weighted by molar-refractivity contribution is 1.32. The lowest BCUT2D eigenvalue weighted by Gasteiger charge is -2.20. The SMILES string of the molecule is Cc1cc(C)c(-c2cccc3c(-c4c5ccccc5c(-c5ccc(-c6ccc(-c7ccc8ccccc8c7)nc6)cc5)c5ccccc45)cccc23)c(C)c1. The summed E-state index contributed by atoms with van der Waals surface area (Å²) in [6, 6.07) is 64.5. The van der Waals surface area contributed by atoms with Crippen LogP contribution in [0, 0.1) is 20.8 Å². The molecule has 0 aliphatic rings. The van der Waals surface area contributed by atoms with Gasteiger partial charge in [-0.1, -0.05) is 169 Å². The molecule has 0 atom stereocenters. The third-order valence-corrected chi connectivity index (χ3v) is 11.4. The second kappa shape index (κ2) is 13.2. The molecule has 0 aliphatic carbocycles. The van der Waals surface area contributed by atoms with Crippen molar-refractivity contribution in [3.05, 3.63) is 199 Å². The summed E-state index contributed by atoms with van der Waals surface area (Å²) in [7, 11) is 0. The van der Waals surface area contributed by atoms with E-state index in [9.17, 15) is 0 Å². The highest BCUT2D eigenvalue weighted by molar-refractivity contribution is 6.24. The Balaban J connectivity index is 1.08. The van der Waals surface area contributed by atoms with Crippen molar-refractivity contribution in [1.82, 2.24) is 4.98 Å². The van der Waals surface area contributed by atoms with E-state index in [-0.39, 0.29) is 0 Å². The Hall–Kier alpha value is -6.83. The van der Waals surface area contributed by atoms with Crippen LogP contribution in [0.5, 0.6) is 0 Å². The summed E-state index contributed by atoms with van der Waals surface area (Å²) < 4.78 is 0. The molecular formula is C54H39N. The van der Waals surface area contributed by atoms with Crippen LogP contribution in [-0.4, -0.2) is 4.98 Å². The molecule has 9 aromatic carbocycles. The van der Waals surface area contributed by atoms with Gasteiger partial charge in [-0.05, 0) is 126 Å². The van der Waals surface area contributed by atoms with Gasteiger partial charge >= 0.3 is 0 Å². The fraction of sp³-hybridized carbons (Fsp3) is 0.0556. The average Bonchev–Trinajstić information content (AvgIpc) is 3.22. The topological polar surface area (TPSA) is 12.9 Å². The Kier molecular flexibility index (Phi) is 7.89. The molecule has 0 N–H and O–H groups in total. The monoisotopic (exact) mass is 701 g/mol. The van der Waals surface area contributed by atoms with E-state index in [0.29, 0.717) is 0 Å². The molecule has 0 aliphatic heterocycles. The van der Waals surface area contributed by atoms with Crippen molar-refractivity contribution in [2.45, 2.75) is 20.8 Å². The lowest BCUT2D eigenvalue weighted by atomic mass is 9.83. The van der Waals surface area contributed by atoms with Crippen LogP contribution in [0.3, 0.4) is 0 Å². The summed E-state index contributed by atoms with van der Waals surface area (Å²) in [6.45, 7) is 6.66. The second-order valence-electron chi connectivity index (χ2n) is 14.9. The van der Waals surface area contributed by atoms with Gasteiger partial charge in [-0.25, -0.2) is 0 Å².